The Hall–Kier alpha value is -8.14. The van der Waals surface area contributed by atoms with Crippen molar-refractivity contribution in [2.45, 2.75) is 5.41 Å². The number of benzene rings is 10. The third-order valence-electron chi connectivity index (χ3n) is 13.1. The highest BCUT2D eigenvalue weighted by Crippen LogP contribution is 2.57. The fourth-order valence-electron chi connectivity index (χ4n) is 10.5. The van der Waals surface area contributed by atoms with Gasteiger partial charge in [-0.05, 0) is 98.4 Å². The van der Waals surface area contributed by atoms with Gasteiger partial charge in [0.2, 0.25) is 0 Å². The Kier molecular flexibility index (Phi) is 7.52. The summed E-state index contributed by atoms with van der Waals surface area (Å²) in [5, 5.41) is 6.73. The molecular weight excluding hydrogens is 755 g/mol. The molecule has 2 heterocycles. The lowest BCUT2D eigenvalue weighted by Gasteiger charge is -2.35. The van der Waals surface area contributed by atoms with Crippen molar-refractivity contribution in [3.63, 3.8) is 0 Å². The fraction of sp³-hybridized carbons (Fsp3) is 0.0169. The van der Waals surface area contributed by atoms with Crippen molar-refractivity contribution >= 4 is 71.7 Å². The minimum absolute atomic E-state index is 0.539. The Labute approximate surface area is 358 Å². The van der Waals surface area contributed by atoms with Crippen LogP contribution in [0.3, 0.4) is 0 Å². The average Bonchev–Trinajstić information content (AvgIpc) is 4.02. The van der Waals surface area contributed by atoms with E-state index in [-0.39, 0.29) is 0 Å². The molecule has 0 saturated heterocycles. The zero-order chi connectivity index (χ0) is 40.8. The number of hydrogen-bond acceptors (Lipinski definition) is 3. The van der Waals surface area contributed by atoms with Crippen molar-refractivity contribution in [1.82, 2.24) is 0 Å². The molecule has 13 rings (SSSR count). The van der Waals surface area contributed by atoms with Gasteiger partial charge >= 0.3 is 0 Å². The van der Waals surface area contributed by atoms with Gasteiger partial charge in [0.05, 0.1) is 11.1 Å². The third-order valence-corrected chi connectivity index (χ3v) is 13.1. The van der Waals surface area contributed by atoms with Gasteiger partial charge in [0.1, 0.15) is 16.7 Å². The molecule has 2 aromatic heterocycles. The number of rotatable bonds is 6. The fourth-order valence-corrected chi connectivity index (χ4v) is 10.5. The molecule has 0 spiro atoms. The van der Waals surface area contributed by atoms with Gasteiger partial charge < -0.3 is 13.7 Å². The first-order valence-corrected chi connectivity index (χ1v) is 21.2. The van der Waals surface area contributed by atoms with E-state index in [9.17, 15) is 0 Å². The van der Waals surface area contributed by atoms with Gasteiger partial charge in [-0.15, -0.1) is 0 Å². The molecule has 0 unspecified atom stereocenters. The molecule has 0 atom stereocenters. The van der Waals surface area contributed by atoms with E-state index in [1.165, 1.54) is 38.8 Å². The van der Waals surface area contributed by atoms with Crippen LogP contribution < -0.4 is 4.90 Å². The second-order valence-corrected chi connectivity index (χ2v) is 16.3. The van der Waals surface area contributed by atoms with Crippen LogP contribution in [0.1, 0.15) is 22.3 Å². The van der Waals surface area contributed by atoms with Crippen molar-refractivity contribution in [2.75, 3.05) is 4.90 Å². The van der Waals surface area contributed by atoms with Crippen LogP contribution in [0.5, 0.6) is 0 Å². The molecule has 1 aliphatic carbocycles. The van der Waals surface area contributed by atoms with Crippen molar-refractivity contribution in [1.29, 1.82) is 0 Å². The van der Waals surface area contributed by atoms with Crippen LogP contribution in [0.15, 0.2) is 233 Å². The molecule has 3 heteroatoms. The summed E-state index contributed by atoms with van der Waals surface area (Å²) in [5.74, 6) is 0. The lowest BCUT2D eigenvalue weighted by Crippen LogP contribution is -2.28. The lowest BCUT2D eigenvalue weighted by atomic mass is 9.67. The van der Waals surface area contributed by atoms with Gasteiger partial charge in [-0.25, -0.2) is 0 Å². The van der Waals surface area contributed by atoms with Crippen molar-refractivity contribution in [3.05, 3.63) is 247 Å². The maximum absolute atomic E-state index is 6.78. The molecule has 1 aliphatic rings. The standard InChI is InChI=1S/C59H37NO2/c1-3-16-40(17-4-1)59(41-18-5-2-6-19-41)51-25-11-9-21-46(51)47-36-34-43(37-52(47)59)60(53-26-13-24-49-48-22-10-12-27-54(48)61-58(49)53)42-32-29-39(30-33-42)44-23-14-28-55-56(44)50-35-31-38-15-7-8-20-45(38)57(50)62-55/h1-37H. The number of nitrogens with zero attached hydrogens (tertiary/aromatic N) is 1. The Morgan fingerprint density at radius 2 is 0.968 bits per heavy atom. The van der Waals surface area contributed by atoms with Crippen LogP contribution in [0.4, 0.5) is 17.1 Å². The molecule has 0 radical (unpaired) electrons. The Balaban J connectivity index is 1.04. The SMILES string of the molecule is c1ccc(C2(c3ccccc3)c3ccccc3-c3ccc(N(c4ccc(-c5cccc6oc7c8ccccc8ccc7c56)cc4)c4cccc5c4oc4ccccc45)cc32)cc1. The van der Waals surface area contributed by atoms with Crippen molar-refractivity contribution < 1.29 is 8.83 Å². The zero-order valence-corrected chi connectivity index (χ0v) is 33.6. The lowest BCUT2D eigenvalue weighted by molar-refractivity contribution is 0.669. The minimum atomic E-state index is -0.539. The van der Waals surface area contributed by atoms with Gasteiger partial charge in [-0.3, -0.25) is 0 Å². The number of hydrogen-bond donors (Lipinski definition) is 0. The highest BCUT2D eigenvalue weighted by Gasteiger charge is 2.46. The molecule has 0 bridgehead atoms. The van der Waals surface area contributed by atoms with Gasteiger partial charge in [0.15, 0.2) is 5.58 Å². The smallest absolute Gasteiger partial charge is 0.159 e. The maximum atomic E-state index is 6.78. The molecule has 3 nitrogen and oxygen atoms in total. The average molecular weight is 792 g/mol. The van der Waals surface area contributed by atoms with E-state index in [0.29, 0.717) is 0 Å². The van der Waals surface area contributed by atoms with E-state index >= 15 is 0 Å². The summed E-state index contributed by atoms with van der Waals surface area (Å²) in [6.07, 6.45) is 0. The monoisotopic (exact) mass is 791 g/mol. The molecule has 0 fully saturated rings. The topological polar surface area (TPSA) is 29.5 Å². The maximum Gasteiger partial charge on any atom is 0.159 e. The van der Waals surface area contributed by atoms with Crippen LogP contribution in [-0.2, 0) is 5.41 Å². The summed E-state index contributed by atoms with van der Waals surface area (Å²) in [5.41, 5.74) is 15.8. The van der Waals surface area contributed by atoms with E-state index in [1.807, 2.05) is 6.07 Å². The van der Waals surface area contributed by atoms with Crippen LogP contribution in [0.25, 0.3) is 76.9 Å². The first kappa shape index (κ1) is 34.7. The largest absolute Gasteiger partial charge is 0.455 e. The second kappa shape index (κ2) is 13.4. The summed E-state index contributed by atoms with van der Waals surface area (Å²) < 4.78 is 13.4. The van der Waals surface area contributed by atoms with Crippen molar-refractivity contribution in [3.8, 4) is 22.3 Å². The minimum Gasteiger partial charge on any atom is -0.455 e. The van der Waals surface area contributed by atoms with Gasteiger partial charge in [0.25, 0.3) is 0 Å². The number of furan rings is 2. The molecule has 290 valence electrons. The summed E-state index contributed by atoms with van der Waals surface area (Å²) in [6, 6.07) is 81.0. The summed E-state index contributed by atoms with van der Waals surface area (Å²) in [4.78, 5) is 2.37. The molecular formula is C59H37NO2. The summed E-state index contributed by atoms with van der Waals surface area (Å²) >= 11 is 0. The number of fused-ring (bicyclic) bond motifs is 11. The second-order valence-electron chi connectivity index (χ2n) is 16.3. The Bertz CT molecular complexity index is 3650. The van der Waals surface area contributed by atoms with Gasteiger partial charge in [-0.2, -0.15) is 0 Å². The quantitative estimate of drug-likeness (QED) is 0.168. The first-order chi connectivity index (χ1) is 30.8. The first-order valence-electron chi connectivity index (χ1n) is 21.2. The predicted molar refractivity (Wildman–Crippen MR) is 256 cm³/mol. The van der Waals surface area contributed by atoms with Crippen molar-refractivity contribution in [2.24, 2.45) is 0 Å². The zero-order valence-electron chi connectivity index (χ0n) is 33.6. The summed E-state index contributed by atoms with van der Waals surface area (Å²) in [7, 11) is 0. The van der Waals surface area contributed by atoms with Crippen LogP contribution in [0, 0.1) is 0 Å². The molecule has 10 aromatic carbocycles. The summed E-state index contributed by atoms with van der Waals surface area (Å²) in [6.45, 7) is 0. The van der Waals surface area contributed by atoms with E-state index in [4.69, 9.17) is 8.83 Å². The van der Waals surface area contributed by atoms with Crippen LogP contribution in [-0.4, -0.2) is 0 Å². The van der Waals surface area contributed by atoms with E-state index in [2.05, 4.69) is 223 Å². The molecule has 0 aliphatic heterocycles. The van der Waals surface area contributed by atoms with Crippen LogP contribution >= 0.6 is 0 Å². The normalized spacial score (nSPS) is 13.0. The molecule has 0 N–H and O–H groups in total. The van der Waals surface area contributed by atoms with E-state index in [0.717, 1.165) is 77.5 Å². The number of anilines is 3. The third kappa shape index (κ3) is 4.94. The molecule has 0 amide bonds. The highest BCUT2D eigenvalue weighted by molar-refractivity contribution is 6.19. The Morgan fingerprint density at radius 1 is 0.355 bits per heavy atom. The molecule has 12 aromatic rings. The predicted octanol–water partition coefficient (Wildman–Crippen LogP) is 16.1. The van der Waals surface area contributed by atoms with E-state index in [1.54, 1.807) is 0 Å². The van der Waals surface area contributed by atoms with Gasteiger partial charge in [-0.1, -0.05) is 176 Å². The molecule has 0 saturated carbocycles. The number of para-hydroxylation sites is 2. The molecule has 62 heavy (non-hydrogen) atoms. The highest BCUT2D eigenvalue weighted by atomic mass is 16.3. The Morgan fingerprint density at radius 3 is 1.79 bits per heavy atom. The van der Waals surface area contributed by atoms with E-state index < -0.39 is 5.41 Å². The van der Waals surface area contributed by atoms with Gasteiger partial charge in [0, 0.05) is 38.3 Å². The van der Waals surface area contributed by atoms with Crippen LogP contribution in [0.2, 0.25) is 0 Å².